The Hall–Kier alpha value is -1.55. The normalized spacial score (nSPS) is 16.4. The van der Waals surface area contributed by atoms with Crippen LogP contribution in [0.25, 0.3) is 0 Å². The molecule has 0 bridgehead atoms. The molecule has 1 aromatic carbocycles. The molecule has 116 valence electrons. The predicted molar refractivity (Wildman–Crippen MR) is 84.3 cm³/mol. The van der Waals surface area contributed by atoms with Crippen LogP contribution >= 0.6 is 0 Å². The molecule has 4 nitrogen and oxygen atoms in total. The molecule has 1 saturated heterocycles. The molecule has 1 aromatic rings. The van der Waals surface area contributed by atoms with Crippen molar-refractivity contribution in [1.82, 2.24) is 10.2 Å². The van der Waals surface area contributed by atoms with Crippen molar-refractivity contribution in [1.29, 1.82) is 0 Å². The van der Waals surface area contributed by atoms with Gasteiger partial charge in [0.25, 0.3) is 0 Å². The predicted octanol–water partition coefficient (Wildman–Crippen LogP) is 2.99. The van der Waals surface area contributed by atoms with Gasteiger partial charge in [-0.3, -0.25) is 0 Å². The van der Waals surface area contributed by atoms with E-state index < -0.39 is 0 Å². The van der Waals surface area contributed by atoms with Crippen LogP contribution in [0.15, 0.2) is 24.3 Å². The first-order valence-electron chi connectivity index (χ1n) is 7.85. The lowest BCUT2D eigenvalue weighted by atomic mass is 9.95. The highest BCUT2D eigenvalue weighted by Gasteiger charge is 2.22. The molecule has 21 heavy (non-hydrogen) atoms. The summed E-state index contributed by atoms with van der Waals surface area (Å²) in [7, 11) is 0. The van der Waals surface area contributed by atoms with Crippen molar-refractivity contribution in [2.75, 3.05) is 26.2 Å². The molecule has 1 unspecified atom stereocenters. The van der Waals surface area contributed by atoms with Crippen molar-refractivity contribution < 1.29 is 9.53 Å². The SMILES string of the molecule is CCc1ccc(C(NCCN2CCOC2=O)C(C)C)cc1. The van der Waals surface area contributed by atoms with Gasteiger partial charge in [0.2, 0.25) is 0 Å². The van der Waals surface area contributed by atoms with Gasteiger partial charge in [-0.2, -0.15) is 0 Å². The summed E-state index contributed by atoms with van der Waals surface area (Å²) in [6, 6.07) is 9.13. The average molecular weight is 290 g/mol. The summed E-state index contributed by atoms with van der Waals surface area (Å²) < 4.78 is 4.94. The average Bonchev–Trinajstić information content (AvgIpc) is 2.89. The van der Waals surface area contributed by atoms with E-state index in [1.807, 2.05) is 0 Å². The molecule has 0 aromatic heterocycles. The van der Waals surface area contributed by atoms with Gasteiger partial charge in [0.05, 0.1) is 6.54 Å². The Bertz CT molecular complexity index is 456. The second-order valence-corrected chi connectivity index (χ2v) is 5.87. The smallest absolute Gasteiger partial charge is 0.409 e. The molecule has 0 aliphatic carbocycles. The molecule has 1 aliphatic heterocycles. The zero-order valence-corrected chi connectivity index (χ0v) is 13.3. The second-order valence-electron chi connectivity index (χ2n) is 5.87. The van der Waals surface area contributed by atoms with Gasteiger partial charge < -0.3 is 15.0 Å². The van der Waals surface area contributed by atoms with Crippen molar-refractivity contribution in [3.63, 3.8) is 0 Å². The lowest BCUT2D eigenvalue weighted by molar-refractivity contribution is 0.158. The van der Waals surface area contributed by atoms with E-state index in [-0.39, 0.29) is 6.09 Å². The zero-order chi connectivity index (χ0) is 15.2. The van der Waals surface area contributed by atoms with Crippen molar-refractivity contribution in [3.8, 4) is 0 Å². The molecule has 2 rings (SSSR count). The summed E-state index contributed by atoms with van der Waals surface area (Å²) in [5, 5.41) is 3.57. The summed E-state index contributed by atoms with van der Waals surface area (Å²) in [4.78, 5) is 13.2. The Morgan fingerprint density at radius 1 is 1.29 bits per heavy atom. The Morgan fingerprint density at radius 2 is 2.00 bits per heavy atom. The molecule has 1 atom stereocenters. The number of hydrogen-bond acceptors (Lipinski definition) is 3. The van der Waals surface area contributed by atoms with Crippen LogP contribution < -0.4 is 5.32 Å². The first-order chi connectivity index (χ1) is 10.1. The topological polar surface area (TPSA) is 41.6 Å². The van der Waals surface area contributed by atoms with E-state index in [1.54, 1.807) is 4.90 Å². The van der Waals surface area contributed by atoms with Crippen LogP contribution in [0.1, 0.15) is 37.9 Å². The summed E-state index contributed by atoms with van der Waals surface area (Å²) in [6.07, 6.45) is 0.877. The number of carbonyl (C=O) groups is 1. The zero-order valence-electron chi connectivity index (χ0n) is 13.3. The maximum atomic E-state index is 11.4. The van der Waals surface area contributed by atoms with Gasteiger partial charge >= 0.3 is 6.09 Å². The fourth-order valence-electron chi connectivity index (χ4n) is 2.68. The molecule has 0 spiro atoms. The number of nitrogens with zero attached hydrogens (tertiary/aromatic N) is 1. The van der Waals surface area contributed by atoms with E-state index >= 15 is 0 Å². The van der Waals surface area contributed by atoms with Crippen molar-refractivity contribution in [3.05, 3.63) is 35.4 Å². The Balaban J connectivity index is 1.90. The number of benzene rings is 1. The minimum Gasteiger partial charge on any atom is -0.448 e. The lowest BCUT2D eigenvalue weighted by Gasteiger charge is -2.24. The maximum Gasteiger partial charge on any atom is 0.409 e. The molecule has 1 heterocycles. The number of rotatable bonds is 7. The first-order valence-corrected chi connectivity index (χ1v) is 7.85. The third-order valence-corrected chi connectivity index (χ3v) is 4.00. The minimum atomic E-state index is -0.190. The quantitative estimate of drug-likeness (QED) is 0.839. The molecule has 4 heteroatoms. The molecular formula is C17H26N2O2. The van der Waals surface area contributed by atoms with Crippen LogP contribution in [0.3, 0.4) is 0 Å². The van der Waals surface area contributed by atoms with E-state index in [4.69, 9.17) is 4.74 Å². The van der Waals surface area contributed by atoms with Gasteiger partial charge in [-0.15, -0.1) is 0 Å². The second kappa shape index (κ2) is 7.46. The summed E-state index contributed by atoms with van der Waals surface area (Å²) in [5.74, 6) is 0.503. The van der Waals surface area contributed by atoms with Gasteiger partial charge in [0.15, 0.2) is 0 Å². The summed E-state index contributed by atoms with van der Waals surface area (Å²) >= 11 is 0. The largest absolute Gasteiger partial charge is 0.448 e. The van der Waals surface area contributed by atoms with Crippen molar-refractivity contribution >= 4 is 6.09 Å². The van der Waals surface area contributed by atoms with Gasteiger partial charge in [-0.1, -0.05) is 45.0 Å². The summed E-state index contributed by atoms with van der Waals surface area (Å²) in [6.45, 7) is 9.32. The molecule has 1 N–H and O–H groups in total. The highest BCUT2D eigenvalue weighted by molar-refractivity contribution is 5.69. The first kappa shape index (κ1) is 15.8. The highest BCUT2D eigenvalue weighted by Crippen LogP contribution is 2.22. The number of nitrogens with one attached hydrogen (secondary N) is 1. The van der Waals surface area contributed by atoms with E-state index in [9.17, 15) is 4.79 Å². The van der Waals surface area contributed by atoms with Gasteiger partial charge in [-0.25, -0.2) is 4.79 Å². The lowest BCUT2D eigenvalue weighted by Crippen LogP contribution is -2.35. The Labute approximate surface area is 127 Å². The fraction of sp³-hybridized carbons (Fsp3) is 0.588. The standard InChI is InChI=1S/C17H26N2O2/c1-4-14-5-7-15(8-6-14)16(13(2)3)18-9-10-19-11-12-21-17(19)20/h5-8,13,16,18H,4,9-12H2,1-3H3. The highest BCUT2D eigenvalue weighted by atomic mass is 16.6. The number of ether oxygens (including phenoxy) is 1. The number of amides is 1. The minimum absolute atomic E-state index is 0.190. The van der Waals surface area contributed by atoms with Crippen LogP contribution in [0.4, 0.5) is 4.79 Å². The van der Waals surface area contributed by atoms with Crippen LogP contribution in [-0.2, 0) is 11.2 Å². The van der Waals surface area contributed by atoms with E-state index in [1.165, 1.54) is 11.1 Å². The molecular weight excluding hydrogens is 264 g/mol. The van der Waals surface area contributed by atoms with E-state index in [0.717, 1.165) is 13.0 Å². The van der Waals surface area contributed by atoms with Crippen LogP contribution in [-0.4, -0.2) is 37.2 Å². The molecule has 1 amide bonds. The van der Waals surface area contributed by atoms with Gasteiger partial charge in [-0.05, 0) is 23.5 Å². The van der Waals surface area contributed by atoms with Gasteiger partial charge in [0, 0.05) is 19.1 Å². The molecule has 1 fully saturated rings. The monoisotopic (exact) mass is 290 g/mol. The third kappa shape index (κ3) is 4.21. The van der Waals surface area contributed by atoms with Crippen LogP contribution in [0, 0.1) is 5.92 Å². The Kier molecular flexibility index (Phi) is 5.62. The van der Waals surface area contributed by atoms with Gasteiger partial charge in [0.1, 0.15) is 6.61 Å². The Morgan fingerprint density at radius 3 is 2.52 bits per heavy atom. The number of cyclic esters (lactones) is 1. The molecule has 0 radical (unpaired) electrons. The number of aryl methyl sites for hydroxylation is 1. The van der Waals surface area contributed by atoms with Crippen molar-refractivity contribution in [2.45, 2.75) is 33.2 Å². The summed E-state index contributed by atoms with van der Waals surface area (Å²) in [5.41, 5.74) is 2.67. The van der Waals surface area contributed by atoms with E-state index in [0.29, 0.717) is 31.7 Å². The van der Waals surface area contributed by atoms with Crippen LogP contribution in [0.2, 0.25) is 0 Å². The molecule has 1 aliphatic rings. The van der Waals surface area contributed by atoms with E-state index in [2.05, 4.69) is 50.4 Å². The van der Waals surface area contributed by atoms with Crippen molar-refractivity contribution in [2.24, 2.45) is 5.92 Å². The van der Waals surface area contributed by atoms with Crippen LogP contribution in [0.5, 0.6) is 0 Å². The number of hydrogen-bond donors (Lipinski definition) is 1. The third-order valence-electron chi connectivity index (χ3n) is 4.00. The fourth-order valence-corrected chi connectivity index (χ4v) is 2.68. The number of carbonyl (C=O) groups excluding carboxylic acids is 1. The molecule has 0 saturated carbocycles. The maximum absolute atomic E-state index is 11.4.